The van der Waals surface area contributed by atoms with Crippen LogP contribution in [0, 0.1) is 0 Å². The molecule has 0 aromatic heterocycles. The maximum absolute atomic E-state index is 6.15. The fourth-order valence-corrected chi connectivity index (χ4v) is 2.19. The Morgan fingerprint density at radius 1 is 1.00 bits per heavy atom. The molecule has 0 heterocycles. The summed E-state index contributed by atoms with van der Waals surface area (Å²) >= 11 is 12.0. The van der Waals surface area contributed by atoms with E-state index in [4.69, 9.17) is 29.0 Å². The summed E-state index contributed by atoms with van der Waals surface area (Å²) in [7, 11) is 0. The number of rotatable bonds is 4. The fourth-order valence-electron chi connectivity index (χ4n) is 1.85. The van der Waals surface area contributed by atoms with Crippen molar-refractivity contribution in [2.24, 2.45) is 5.84 Å². The SMILES string of the molecule is NNC(Cc1ccccc1Cl)c1ccc(Cl)cc1. The molecule has 0 spiro atoms. The zero-order valence-electron chi connectivity index (χ0n) is 9.74. The van der Waals surface area contributed by atoms with Crippen LogP contribution in [0.2, 0.25) is 10.0 Å². The highest BCUT2D eigenvalue weighted by molar-refractivity contribution is 6.31. The quantitative estimate of drug-likeness (QED) is 0.661. The lowest BCUT2D eigenvalue weighted by Crippen LogP contribution is -2.29. The zero-order valence-corrected chi connectivity index (χ0v) is 11.2. The standard InChI is InChI=1S/C14H14Cl2N2/c15-12-7-5-10(6-8-12)14(18-17)9-11-3-1-2-4-13(11)16/h1-8,14,18H,9,17H2. The fraction of sp³-hybridized carbons (Fsp3) is 0.143. The topological polar surface area (TPSA) is 38.0 Å². The molecule has 2 aromatic carbocycles. The molecule has 2 nitrogen and oxygen atoms in total. The third kappa shape index (κ3) is 3.24. The summed E-state index contributed by atoms with van der Waals surface area (Å²) in [6, 6.07) is 15.4. The Morgan fingerprint density at radius 2 is 1.67 bits per heavy atom. The smallest absolute Gasteiger partial charge is 0.0500 e. The van der Waals surface area contributed by atoms with E-state index in [1.807, 2.05) is 48.5 Å². The molecule has 2 rings (SSSR count). The molecule has 0 aliphatic rings. The second kappa shape index (κ2) is 6.21. The maximum Gasteiger partial charge on any atom is 0.0500 e. The Kier molecular flexibility index (Phi) is 4.61. The molecule has 0 aliphatic carbocycles. The van der Waals surface area contributed by atoms with Gasteiger partial charge >= 0.3 is 0 Å². The molecule has 3 N–H and O–H groups in total. The van der Waals surface area contributed by atoms with Gasteiger partial charge in [-0.1, -0.05) is 53.5 Å². The van der Waals surface area contributed by atoms with Crippen molar-refractivity contribution < 1.29 is 0 Å². The van der Waals surface area contributed by atoms with Crippen LogP contribution in [0.4, 0.5) is 0 Å². The summed E-state index contributed by atoms with van der Waals surface area (Å²) in [6.45, 7) is 0. The molecule has 1 unspecified atom stereocenters. The Labute approximate surface area is 117 Å². The van der Waals surface area contributed by atoms with Gasteiger partial charge < -0.3 is 0 Å². The van der Waals surface area contributed by atoms with Gasteiger partial charge in [-0.2, -0.15) is 0 Å². The lowest BCUT2D eigenvalue weighted by Gasteiger charge is -2.17. The molecular formula is C14H14Cl2N2. The van der Waals surface area contributed by atoms with E-state index in [0.29, 0.717) is 5.02 Å². The summed E-state index contributed by atoms with van der Waals surface area (Å²) in [5, 5.41) is 1.47. The van der Waals surface area contributed by atoms with Gasteiger partial charge in [0.05, 0.1) is 6.04 Å². The molecule has 0 saturated carbocycles. The first-order valence-corrected chi connectivity index (χ1v) is 6.41. The average molecular weight is 281 g/mol. The van der Waals surface area contributed by atoms with Gasteiger partial charge in [0.25, 0.3) is 0 Å². The van der Waals surface area contributed by atoms with E-state index >= 15 is 0 Å². The van der Waals surface area contributed by atoms with Crippen molar-refractivity contribution in [3.63, 3.8) is 0 Å². The lowest BCUT2D eigenvalue weighted by molar-refractivity contribution is 0.552. The summed E-state index contributed by atoms with van der Waals surface area (Å²) in [5.74, 6) is 5.61. The normalized spacial score (nSPS) is 12.4. The van der Waals surface area contributed by atoms with E-state index in [2.05, 4.69) is 5.43 Å². The third-order valence-electron chi connectivity index (χ3n) is 2.86. The Balaban J connectivity index is 2.20. The first kappa shape index (κ1) is 13.4. The Bertz CT molecular complexity index is 511. The van der Waals surface area contributed by atoms with E-state index < -0.39 is 0 Å². The van der Waals surface area contributed by atoms with Crippen LogP contribution in [0.15, 0.2) is 48.5 Å². The van der Waals surface area contributed by atoms with Gasteiger partial charge in [0, 0.05) is 10.0 Å². The van der Waals surface area contributed by atoms with Gasteiger partial charge in [-0.25, -0.2) is 0 Å². The number of hydrogen-bond acceptors (Lipinski definition) is 2. The largest absolute Gasteiger partial charge is 0.271 e. The molecule has 2 aromatic rings. The minimum absolute atomic E-state index is 0.0159. The van der Waals surface area contributed by atoms with E-state index in [1.54, 1.807) is 0 Å². The lowest BCUT2D eigenvalue weighted by atomic mass is 9.99. The maximum atomic E-state index is 6.15. The number of nitrogens with two attached hydrogens (primary N) is 1. The van der Waals surface area contributed by atoms with Gasteiger partial charge in [-0.05, 0) is 35.7 Å². The number of hydrogen-bond donors (Lipinski definition) is 2. The molecule has 0 amide bonds. The highest BCUT2D eigenvalue weighted by atomic mass is 35.5. The van der Waals surface area contributed by atoms with Crippen molar-refractivity contribution in [3.05, 3.63) is 69.7 Å². The summed E-state index contributed by atoms with van der Waals surface area (Å²) < 4.78 is 0. The first-order chi connectivity index (χ1) is 8.70. The highest BCUT2D eigenvalue weighted by Gasteiger charge is 2.12. The van der Waals surface area contributed by atoms with Crippen molar-refractivity contribution in [1.29, 1.82) is 0 Å². The molecule has 94 valence electrons. The van der Waals surface area contributed by atoms with Gasteiger partial charge in [0.1, 0.15) is 0 Å². The molecule has 0 saturated heterocycles. The Morgan fingerprint density at radius 3 is 2.28 bits per heavy atom. The van der Waals surface area contributed by atoms with Gasteiger partial charge in [-0.15, -0.1) is 0 Å². The monoisotopic (exact) mass is 280 g/mol. The molecule has 0 fully saturated rings. The molecular weight excluding hydrogens is 267 g/mol. The minimum Gasteiger partial charge on any atom is -0.271 e. The van der Waals surface area contributed by atoms with Crippen LogP contribution < -0.4 is 11.3 Å². The van der Waals surface area contributed by atoms with Crippen molar-refractivity contribution in [1.82, 2.24) is 5.43 Å². The second-order valence-corrected chi connectivity index (χ2v) is 4.91. The third-order valence-corrected chi connectivity index (χ3v) is 3.48. The van der Waals surface area contributed by atoms with Crippen LogP contribution in [0.25, 0.3) is 0 Å². The highest BCUT2D eigenvalue weighted by Crippen LogP contribution is 2.23. The molecule has 0 aliphatic heterocycles. The number of benzene rings is 2. The molecule has 0 radical (unpaired) electrons. The number of nitrogens with one attached hydrogen (secondary N) is 1. The van der Waals surface area contributed by atoms with Gasteiger partial charge in [0.2, 0.25) is 0 Å². The Hall–Kier alpha value is -1.06. The van der Waals surface area contributed by atoms with E-state index in [9.17, 15) is 0 Å². The van der Waals surface area contributed by atoms with Crippen molar-refractivity contribution in [2.75, 3.05) is 0 Å². The second-order valence-electron chi connectivity index (χ2n) is 4.07. The van der Waals surface area contributed by atoms with Crippen LogP contribution in [0.3, 0.4) is 0 Å². The molecule has 1 atom stereocenters. The number of halogens is 2. The predicted molar refractivity (Wildman–Crippen MR) is 76.7 cm³/mol. The van der Waals surface area contributed by atoms with Gasteiger partial charge in [0.15, 0.2) is 0 Å². The van der Waals surface area contributed by atoms with Gasteiger partial charge in [-0.3, -0.25) is 11.3 Å². The summed E-state index contributed by atoms with van der Waals surface area (Å²) in [5.41, 5.74) is 4.96. The van der Waals surface area contributed by atoms with Crippen molar-refractivity contribution in [2.45, 2.75) is 12.5 Å². The average Bonchev–Trinajstić information content (AvgIpc) is 2.39. The number of hydrazine groups is 1. The van der Waals surface area contributed by atoms with E-state index in [-0.39, 0.29) is 6.04 Å². The minimum atomic E-state index is 0.0159. The van der Waals surface area contributed by atoms with Crippen molar-refractivity contribution >= 4 is 23.2 Å². The van der Waals surface area contributed by atoms with Crippen molar-refractivity contribution in [3.8, 4) is 0 Å². The zero-order chi connectivity index (χ0) is 13.0. The molecule has 0 bridgehead atoms. The molecule has 18 heavy (non-hydrogen) atoms. The molecule has 4 heteroatoms. The van der Waals surface area contributed by atoms with Crippen LogP contribution in [0.5, 0.6) is 0 Å². The van der Waals surface area contributed by atoms with E-state index in [1.165, 1.54) is 0 Å². The van der Waals surface area contributed by atoms with Crippen LogP contribution in [0.1, 0.15) is 17.2 Å². The summed E-state index contributed by atoms with van der Waals surface area (Å²) in [6.07, 6.45) is 0.734. The van der Waals surface area contributed by atoms with Crippen LogP contribution in [-0.2, 0) is 6.42 Å². The van der Waals surface area contributed by atoms with Crippen LogP contribution in [-0.4, -0.2) is 0 Å². The van der Waals surface area contributed by atoms with E-state index in [0.717, 1.165) is 22.6 Å². The van der Waals surface area contributed by atoms with Crippen LogP contribution >= 0.6 is 23.2 Å². The first-order valence-electron chi connectivity index (χ1n) is 5.65. The summed E-state index contributed by atoms with van der Waals surface area (Å²) in [4.78, 5) is 0. The predicted octanol–water partition coefficient (Wildman–Crippen LogP) is 3.74.